The number of pyridine rings is 1. The van der Waals surface area contributed by atoms with E-state index in [0.29, 0.717) is 0 Å². The molecule has 3 rings (SSSR count). The fourth-order valence-electron chi connectivity index (χ4n) is 1.82. The lowest BCUT2D eigenvalue weighted by atomic mass is 10.2. The van der Waals surface area contributed by atoms with Gasteiger partial charge in [-0.3, -0.25) is 0 Å². The summed E-state index contributed by atoms with van der Waals surface area (Å²) in [6, 6.07) is 4.08. The van der Waals surface area contributed by atoms with Crippen molar-refractivity contribution in [2.45, 2.75) is 12.8 Å². The molecular weight excluding hydrogens is 280 g/mol. The van der Waals surface area contributed by atoms with E-state index in [1.54, 1.807) is 6.20 Å². The maximum Gasteiger partial charge on any atom is 0.133 e. The summed E-state index contributed by atoms with van der Waals surface area (Å²) in [5.74, 6) is 0.940. The molecule has 1 saturated carbocycles. The van der Waals surface area contributed by atoms with Gasteiger partial charge < -0.3 is 4.74 Å². The Labute approximate surface area is 108 Å². The fraction of sp³-hybridized carbons (Fsp3) is 0.154. The van der Waals surface area contributed by atoms with Gasteiger partial charge in [0.25, 0.3) is 0 Å². The molecular formula is C13H11BrN2O. The van der Waals surface area contributed by atoms with Crippen molar-refractivity contribution in [3.63, 3.8) is 0 Å². The highest BCUT2D eigenvalue weighted by molar-refractivity contribution is 9.10. The van der Waals surface area contributed by atoms with Gasteiger partial charge in [-0.1, -0.05) is 6.58 Å². The van der Waals surface area contributed by atoms with Gasteiger partial charge in [0.2, 0.25) is 0 Å². The first kappa shape index (κ1) is 10.6. The highest BCUT2D eigenvalue weighted by atomic mass is 79.9. The van der Waals surface area contributed by atoms with Crippen molar-refractivity contribution in [3.8, 4) is 0 Å². The summed E-state index contributed by atoms with van der Waals surface area (Å²) in [7, 11) is 0. The smallest absolute Gasteiger partial charge is 0.133 e. The molecule has 1 fully saturated rings. The average molecular weight is 291 g/mol. The SMILES string of the molecule is C=COC(=C1CC1)c1ccn2ncc(Br)c2c1. The number of aromatic nitrogens is 2. The molecule has 1 aliphatic carbocycles. The zero-order chi connectivity index (χ0) is 11.8. The predicted octanol–water partition coefficient (Wildman–Crippen LogP) is 3.76. The van der Waals surface area contributed by atoms with E-state index in [9.17, 15) is 0 Å². The van der Waals surface area contributed by atoms with Crippen LogP contribution in [-0.4, -0.2) is 9.61 Å². The molecule has 3 nitrogen and oxygen atoms in total. The number of ether oxygens (including phenoxy) is 1. The summed E-state index contributed by atoms with van der Waals surface area (Å²) in [6.07, 6.45) is 7.45. The molecule has 2 aromatic heterocycles. The molecule has 0 N–H and O–H groups in total. The quantitative estimate of drug-likeness (QED) is 0.805. The maximum absolute atomic E-state index is 5.52. The Kier molecular flexibility index (Phi) is 2.52. The third-order valence-electron chi connectivity index (χ3n) is 2.76. The molecule has 0 spiro atoms. The second kappa shape index (κ2) is 4.04. The Morgan fingerprint density at radius 2 is 2.35 bits per heavy atom. The summed E-state index contributed by atoms with van der Waals surface area (Å²) < 4.78 is 8.33. The Bertz CT molecular complexity index is 621. The Morgan fingerprint density at radius 1 is 1.53 bits per heavy atom. The van der Waals surface area contributed by atoms with Crippen LogP contribution in [-0.2, 0) is 4.74 Å². The van der Waals surface area contributed by atoms with Gasteiger partial charge in [0, 0.05) is 11.8 Å². The molecule has 0 bridgehead atoms. The van der Waals surface area contributed by atoms with Crippen molar-refractivity contribution in [1.29, 1.82) is 0 Å². The number of allylic oxidation sites excluding steroid dienone is 1. The molecule has 2 aromatic rings. The lowest BCUT2D eigenvalue weighted by molar-refractivity contribution is 0.437. The predicted molar refractivity (Wildman–Crippen MR) is 70.3 cm³/mol. The van der Waals surface area contributed by atoms with E-state index >= 15 is 0 Å². The molecule has 4 heteroatoms. The van der Waals surface area contributed by atoms with Crippen molar-refractivity contribution in [3.05, 3.63) is 53.0 Å². The molecule has 17 heavy (non-hydrogen) atoms. The van der Waals surface area contributed by atoms with Gasteiger partial charge in [-0.25, -0.2) is 4.52 Å². The van der Waals surface area contributed by atoms with Crippen LogP contribution in [0.2, 0.25) is 0 Å². The molecule has 86 valence electrons. The van der Waals surface area contributed by atoms with Crippen molar-refractivity contribution >= 4 is 27.2 Å². The first-order chi connectivity index (χ1) is 8.29. The van der Waals surface area contributed by atoms with Crippen LogP contribution in [0.3, 0.4) is 0 Å². The Hall–Kier alpha value is -1.55. The van der Waals surface area contributed by atoms with Crippen molar-refractivity contribution < 1.29 is 4.74 Å². The second-order valence-corrected chi connectivity index (χ2v) is 4.81. The second-order valence-electron chi connectivity index (χ2n) is 3.95. The van der Waals surface area contributed by atoms with Crippen molar-refractivity contribution in [2.75, 3.05) is 0 Å². The first-order valence-electron chi connectivity index (χ1n) is 5.42. The van der Waals surface area contributed by atoms with Crippen LogP contribution in [0.4, 0.5) is 0 Å². The molecule has 1 aliphatic rings. The van der Waals surface area contributed by atoms with Crippen LogP contribution in [0.15, 0.2) is 47.4 Å². The lowest BCUT2D eigenvalue weighted by Gasteiger charge is -2.06. The molecule has 0 saturated heterocycles. The zero-order valence-corrected chi connectivity index (χ0v) is 10.8. The van der Waals surface area contributed by atoms with Gasteiger partial charge >= 0.3 is 0 Å². The number of hydrogen-bond donors (Lipinski definition) is 0. The molecule has 0 aromatic carbocycles. The van der Waals surface area contributed by atoms with Crippen LogP contribution < -0.4 is 0 Å². The summed E-state index contributed by atoms with van der Waals surface area (Å²) in [6.45, 7) is 3.62. The third kappa shape index (κ3) is 1.89. The molecule has 0 aliphatic heterocycles. The largest absolute Gasteiger partial charge is 0.465 e. The molecule has 2 heterocycles. The standard InChI is InChI=1S/C13H11BrN2O/c1-2-17-13(9-3-4-9)10-5-6-16-12(7-10)11(14)8-15-16/h2,5-8H,1,3-4H2. The Morgan fingerprint density at radius 3 is 3.06 bits per heavy atom. The molecule has 0 amide bonds. The topological polar surface area (TPSA) is 26.5 Å². The minimum atomic E-state index is 0.940. The van der Waals surface area contributed by atoms with E-state index in [-0.39, 0.29) is 0 Å². The number of fused-ring (bicyclic) bond motifs is 1. The van der Waals surface area contributed by atoms with Gasteiger partial charge in [-0.15, -0.1) is 0 Å². The van der Waals surface area contributed by atoms with Crippen LogP contribution in [0.1, 0.15) is 18.4 Å². The Balaban J connectivity index is 2.13. The van der Waals surface area contributed by atoms with E-state index in [4.69, 9.17) is 4.74 Å². The average Bonchev–Trinajstić information content (AvgIpc) is 3.12. The monoisotopic (exact) mass is 290 g/mol. The first-order valence-corrected chi connectivity index (χ1v) is 6.22. The van der Waals surface area contributed by atoms with Gasteiger partial charge in [-0.2, -0.15) is 5.10 Å². The third-order valence-corrected chi connectivity index (χ3v) is 3.37. The lowest BCUT2D eigenvalue weighted by Crippen LogP contribution is -1.91. The fourth-order valence-corrected chi connectivity index (χ4v) is 2.21. The molecule has 0 unspecified atom stereocenters. The van der Waals surface area contributed by atoms with Crippen LogP contribution in [0.5, 0.6) is 0 Å². The molecule has 0 radical (unpaired) electrons. The van der Waals surface area contributed by atoms with E-state index in [0.717, 1.165) is 34.2 Å². The number of nitrogens with zero attached hydrogens (tertiary/aromatic N) is 2. The number of rotatable bonds is 3. The number of halogens is 1. The van der Waals surface area contributed by atoms with E-state index in [2.05, 4.69) is 33.7 Å². The zero-order valence-electron chi connectivity index (χ0n) is 9.19. The maximum atomic E-state index is 5.52. The van der Waals surface area contributed by atoms with E-state index in [1.807, 2.05) is 16.8 Å². The van der Waals surface area contributed by atoms with Crippen molar-refractivity contribution in [1.82, 2.24) is 9.61 Å². The number of hydrogen-bond acceptors (Lipinski definition) is 2. The van der Waals surface area contributed by atoms with Gasteiger partial charge in [0.1, 0.15) is 5.76 Å². The normalized spacial score (nSPS) is 13.8. The summed E-state index contributed by atoms with van der Waals surface area (Å²) >= 11 is 3.48. The highest BCUT2D eigenvalue weighted by Gasteiger charge is 2.20. The van der Waals surface area contributed by atoms with Gasteiger partial charge in [0.05, 0.1) is 22.4 Å². The van der Waals surface area contributed by atoms with Crippen LogP contribution >= 0.6 is 15.9 Å². The van der Waals surface area contributed by atoms with Crippen molar-refractivity contribution in [2.24, 2.45) is 0 Å². The van der Waals surface area contributed by atoms with E-state index < -0.39 is 0 Å². The minimum Gasteiger partial charge on any atom is -0.465 e. The molecule has 0 atom stereocenters. The summed E-state index contributed by atoms with van der Waals surface area (Å²) in [5.41, 5.74) is 3.46. The summed E-state index contributed by atoms with van der Waals surface area (Å²) in [5, 5.41) is 4.22. The van der Waals surface area contributed by atoms with Gasteiger partial charge in [-0.05, 0) is 46.5 Å². The minimum absolute atomic E-state index is 0.940. The van der Waals surface area contributed by atoms with Gasteiger partial charge in [0.15, 0.2) is 0 Å². The summed E-state index contributed by atoms with van der Waals surface area (Å²) in [4.78, 5) is 0. The van der Waals surface area contributed by atoms with Crippen LogP contribution in [0.25, 0.3) is 11.3 Å². The highest BCUT2D eigenvalue weighted by Crippen LogP contribution is 2.37. The van der Waals surface area contributed by atoms with E-state index in [1.165, 1.54) is 11.8 Å². The van der Waals surface area contributed by atoms with Crippen LogP contribution in [0, 0.1) is 0 Å².